The molecule has 0 saturated heterocycles. The molecule has 0 saturated carbocycles. The van der Waals surface area contributed by atoms with Crippen LogP contribution in [0.4, 0.5) is 0 Å². The number of ketones is 1. The van der Waals surface area contributed by atoms with Crippen molar-refractivity contribution >= 4 is 11.8 Å². The molecule has 0 heterocycles. The molecule has 1 rings (SSSR count). The number of hydrogen-bond acceptors (Lipinski definition) is 5. The van der Waals surface area contributed by atoms with E-state index < -0.39 is 12.1 Å². The topological polar surface area (TPSA) is 61.8 Å². The Kier molecular flexibility index (Phi) is 11.6. The highest BCUT2D eigenvalue weighted by molar-refractivity contribution is 5.94. The van der Waals surface area contributed by atoms with Gasteiger partial charge in [0.1, 0.15) is 6.10 Å². The molecule has 5 heteroatoms. The third-order valence-corrected chi connectivity index (χ3v) is 2.38. The Hall–Kier alpha value is -1.98. The van der Waals surface area contributed by atoms with E-state index in [1.807, 2.05) is 18.2 Å². The number of rotatable bonds is 7. The maximum atomic E-state index is 11.1. The van der Waals surface area contributed by atoms with Gasteiger partial charge in [0.25, 0.3) is 0 Å². The first-order valence-electron chi connectivity index (χ1n) is 6.88. The Balaban J connectivity index is 0.000000518. The van der Waals surface area contributed by atoms with Crippen LogP contribution in [0.25, 0.3) is 0 Å². The summed E-state index contributed by atoms with van der Waals surface area (Å²) in [6.07, 6.45) is 1.78. The largest absolute Gasteiger partial charge is 0.454 e. The molecular weight excluding hydrogens is 284 g/mol. The minimum Gasteiger partial charge on any atom is -0.454 e. The highest BCUT2D eigenvalue weighted by Gasteiger charge is 2.12. The monoisotopic (exact) mass is 308 g/mol. The smallest absolute Gasteiger partial charge is 0.331 e. The van der Waals surface area contributed by atoms with E-state index in [1.165, 1.54) is 26.7 Å². The van der Waals surface area contributed by atoms with Gasteiger partial charge in [-0.15, -0.1) is 0 Å². The van der Waals surface area contributed by atoms with Gasteiger partial charge >= 0.3 is 5.97 Å². The van der Waals surface area contributed by atoms with Gasteiger partial charge in [-0.2, -0.15) is 0 Å². The molecule has 1 aromatic carbocycles. The van der Waals surface area contributed by atoms with E-state index in [2.05, 4.69) is 19.1 Å². The van der Waals surface area contributed by atoms with Crippen molar-refractivity contribution in [1.29, 1.82) is 0 Å². The van der Waals surface area contributed by atoms with E-state index in [0.29, 0.717) is 0 Å². The van der Waals surface area contributed by atoms with E-state index in [0.717, 1.165) is 12.2 Å². The van der Waals surface area contributed by atoms with Crippen LogP contribution in [0.2, 0.25) is 0 Å². The van der Waals surface area contributed by atoms with Crippen molar-refractivity contribution < 1.29 is 23.8 Å². The lowest BCUT2D eigenvalue weighted by atomic mass is 10.2. The molecular formula is C17H24O5. The number of carbonyl (C=O) groups is 2. The molecule has 0 radical (unpaired) electrons. The highest BCUT2D eigenvalue weighted by atomic mass is 16.6. The fourth-order valence-electron chi connectivity index (χ4n) is 1.41. The summed E-state index contributed by atoms with van der Waals surface area (Å²) in [6, 6.07) is 10.3. The zero-order chi connectivity index (χ0) is 16.8. The van der Waals surface area contributed by atoms with E-state index in [9.17, 15) is 9.59 Å². The lowest BCUT2D eigenvalue weighted by molar-refractivity contribution is -0.148. The van der Waals surface area contributed by atoms with E-state index in [-0.39, 0.29) is 19.0 Å². The molecule has 5 nitrogen and oxygen atoms in total. The van der Waals surface area contributed by atoms with Crippen LogP contribution in [-0.4, -0.2) is 45.3 Å². The van der Waals surface area contributed by atoms with Gasteiger partial charge in [-0.05, 0) is 19.9 Å². The quantitative estimate of drug-likeness (QED) is 0.571. The Morgan fingerprint density at radius 1 is 1.05 bits per heavy atom. The molecule has 0 bridgehead atoms. The lowest BCUT2D eigenvalue weighted by Crippen LogP contribution is -2.26. The Labute approximate surface area is 131 Å². The minimum atomic E-state index is -0.579. The molecule has 22 heavy (non-hydrogen) atoms. The normalized spacial score (nSPS) is 10.2. The van der Waals surface area contributed by atoms with Crippen LogP contribution in [0, 0.1) is 6.92 Å². The zero-order valence-electron chi connectivity index (χ0n) is 13.6. The predicted molar refractivity (Wildman–Crippen MR) is 84.6 cm³/mol. The maximum absolute atomic E-state index is 11.1. The summed E-state index contributed by atoms with van der Waals surface area (Å²) in [5.74, 6) is -0.786. The van der Waals surface area contributed by atoms with Crippen molar-refractivity contribution in [1.82, 2.24) is 0 Å². The van der Waals surface area contributed by atoms with Crippen molar-refractivity contribution in [3.05, 3.63) is 48.0 Å². The van der Waals surface area contributed by atoms with Gasteiger partial charge in [-0.1, -0.05) is 35.9 Å². The molecule has 0 aliphatic carbocycles. The minimum absolute atomic E-state index is 0.206. The summed E-state index contributed by atoms with van der Waals surface area (Å²) in [6.45, 7) is 3.95. The van der Waals surface area contributed by atoms with Crippen LogP contribution in [0.3, 0.4) is 0 Å². The number of esters is 1. The van der Waals surface area contributed by atoms with Gasteiger partial charge in [0, 0.05) is 20.3 Å². The molecule has 0 aliphatic rings. The van der Waals surface area contributed by atoms with Gasteiger partial charge in [0.05, 0.1) is 13.2 Å². The zero-order valence-corrected chi connectivity index (χ0v) is 13.6. The molecule has 0 aliphatic heterocycles. The Bertz CT molecular complexity index is 447. The van der Waals surface area contributed by atoms with Crippen LogP contribution in [-0.2, 0) is 23.8 Å². The first-order valence-corrected chi connectivity index (χ1v) is 6.88. The number of benzene rings is 1. The molecule has 0 unspecified atom stereocenters. The molecule has 0 fully saturated rings. The molecule has 0 N–H and O–H groups in total. The number of methoxy groups -OCH3 is 2. The molecule has 122 valence electrons. The lowest BCUT2D eigenvalue weighted by Gasteiger charge is -2.14. The highest BCUT2D eigenvalue weighted by Crippen LogP contribution is 1.96. The van der Waals surface area contributed by atoms with E-state index in [1.54, 1.807) is 0 Å². The molecule has 0 aromatic heterocycles. The number of aryl methyl sites for hydroxylation is 1. The van der Waals surface area contributed by atoms with Gasteiger partial charge in [-0.3, -0.25) is 4.79 Å². The second-order valence-corrected chi connectivity index (χ2v) is 4.57. The van der Waals surface area contributed by atoms with Crippen LogP contribution in [0.5, 0.6) is 0 Å². The van der Waals surface area contributed by atoms with Gasteiger partial charge < -0.3 is 14.2 Å². The van der Waals surface area contributed by atoms with Crippen LogP contribution in [0.1, 0.15) is 12.5 Å². The molecule has 0 amide bonds. The third-order valence-electron chi connectivity index (χ3n) is 2.38. The van der Waals surface area contributed by atoms with Crippen molar-refractivity contribution in [2.75, 3.05) is 27.4 Å². The molecule has 1 aromatic rings. The van der Waals surface area contributed by atoms with Gasteiger partial charge in [0.2, 0.25) is 0 Å². The van der Waals surface area contributed by atoms with Crippen LogP contribution in [0.15, 0.2) is 42.5 Å². The summed E-state index contributed by atoms with van der Waals surface area (Å²) in [5.41, 5.74) is 1.32. The third kappa shape index (κ3) is 11.8. The van der Waals surface area contributed by atoms with Crippen molar-refractivity contribution in [2.24, 2.45) is 0 Å². The van der Waals surface area contributed by atoms with Crippen LogP contribution < -0.4 is 0 Å². The number of allylic oxidation sites excluding steroid dienone is 1. The maximum Gasteiger partial charge on any atom is 0.331 e. The Morgan fingerprint density at radius 3 is 1.95 bits per heavy atom. The summed E-state index contributed by atoms with van der Waals surface area (Å²) in [7, 11) is 3.00. The predicted octanol–water partition coefficient (Wildman–Crippen LogP) is 2.33. The van der Waals surface area contributed by atoms with Crippen LogP contribution >= 0.6 is 0 Å². The average molecular weight is 308 g/mol. The SMILES string of the molecule is COCC(COC)OC(=O)/C=C\C(C)=O.Cc1ccccc1. The standard InChI is InChI=1S/C10H16O5.C7H8/c1-8(11)4-5-10(12)15-9(6-13-2)7-14-3;1-7-5-3-2-4-6-7/h4-5,9H,6-7H2,1-3H3;2-6H,1H3/b5-4-;. The second kappa shape index (κ2) is 12.7. The number of carbonyl (C=O) groups excluding carboxylic acids is 2. The average Bonchev–Trinajstić information content (AvgIpc) is 2.47. The first-order chi connectivity index (χ1) is 10.5. The number of ether oxygens (including phenoxy) is 3. The van der Waals surface area contributed by atoms with Gasteiger partial charge in [0.15, 0.2) is 5.78 Å². The van der Waals surface area contributed by atoms with E-state index >= 15 is 0 Å². The summed E-state index contributed by atoms with van der Waals surface area (Å²) in [4.78, 5) is 21.7. The second-order valence-electron chi connectivity index (χ2n) is 4.57. The fraction of sp³-hybridized carbons (Fsp3) is 0.412. The first kappa shape index (κ1) is 20.0. The van der Waals surface area contributed by atoms with E-state index in [4.69, 9.17) is 14.2 Å². The summed E-state index contributed by atoms with van der Waals surface area (Å²) in [5, 5.41) is 0. The summed E-state index contributed by atoms with van der Waals surface area (Å²) < 4.78 is 14.6. The van der Waals surface area contributed by atoms with Crippen molar-refractivity contribution in [3.63, 3.8) is 0 Å². The molecule has 0 spiro atoms. The summed E-state index contributed by atoms with van der Waals surface area (Å²) >= 11 is 0. The fourth-order valence-corrected chi connectivity index (χ4v) is 1.41. The Morgan fingerprint density at radius 2 is 1.59 bits per heavy atom. The van der Waals surface area contributed by atoms with Crippen molar-refractivity contribution in [2.45, 2.75) is 20.0 Å². The number of hydrogen-bond donors (Lipinski definition) is 0. The van der Waals surface area contributed by atoms with Crippen molar-refractivity contribution in [3.8, 4) is 0 Å². The molecule has 0 atom stereocenters. The van der Waals surface area contributed by atoms with Gasteiger partial charge in [-0.25, -0.2) is 4.79 Å².